The smallest absolute Gasteiger partial charge is 0.240 e. The molecule has 0 saturated carbocycles. The van der Waals surface area contributed by atoms with Crippen LogP contribution in [-0.4, -0.2) is 23.8 Å². The molecular formula is C28H40N2O3. The third-order valence-electron chi connectivity index (χ3n) is 5.49. The second-order valence-electron chi connectivity index (χ2n) is 10.6. The van der Waals surface area contributed by atoms with Crippen LogP contribution in [0.15, 0.2) is 41.5 Å². The average Bonchev–Trinajstić information content (AvgIpc) is 2.72. The predicted octanol–water partition coefficient (Wildman–Crippen LogP) is 6.25. The average molecular weight is 453 g/mol. The summed E-state index contributed by atoms with van der Waals surface area (Å²) in [5.41, 5.74) is 5.91. The molecule has 0 aliphatic heterocycles. The van der Waals surface area contributed by atoms with Crippen LogP contribution in [-0.2, 0) is 22.0 Å². The lowest BCUT2D eigenvalue weighted by molar-refractivity contribution is -0.121. The molecule has 0 unspecified atom stereocenters. The van der Waals surface area contributed by atoms with Gasteiger partial charge in [-0.2, -0.15) is 5.10 Å². The molecular weight excluding hydrogens is 412 g/mol. The number of unbranched alkanes of at least 4 members (excludes halogenated alkanes) is 1. The first-order valence-corrected chi connectivity index (χ1v) is 11.8. The van der Waals surface area contributed by atoms with E-state index < -0.39 is 0 Å². The number of carbonyl (C=O) groups excluding carboxylic acids is 1. The molecule has 0 radical (unpaired) electrons. The van der Waals surface area contributed by atoms with Gasteiger partial charge < -0.3 is 9.84 Å². The normalized spacial score (nSPS) is 12.2. The second kappa shape index (κ2) is 11.4. The van der Waals surface area contributed by atoms with Gasteiger partial charge in [-0.1, -0.05) is 79.2 Å². The summed E-state index contributed by atoms with van der Waals surface area (Å²) in [7, 11) is 0. The number of aryl methyl sites for hydroxylation is 1. The fraction of sp³-hybridized carbons (Fsp3) is 0.500. The van der Waals surface area contributed by atoms with Crippen LogP contribution < -0.4 is 10.2 Å². The van der Waals surface area contributed by atoms with Crippen molar-refractivity contribution in [2.45, 2.75) is 85.0 Å². The van der Waals surface area contributed by atoms with Crippen molar-refractivity contribution in [3.63, 3.8) is 0 Å². The molecule has 2 N–H and O–H groups in total. The summed E-state index contributed by atoms with van der Waals surface area (Å²) in [6.45, 7) is 15.3. The zero-order valence-corrected chi connectivity index (χ0v) is 21.3. The van der Waals surface area contributed by atoms with Crippen molar-refractivity contribution in [3.8, 4) is 11.5 Å². The molecule has 0 heterocycles. The number of para-hydroxylation sites is 1. The van der Waals surface area contributed by atoms with Gasteiger partial charge in [0, 0.05) is 12.0 Å². The number of ether oxygens (including phenoxy) is 1. The number of phenolic OH excluding ortho intramolecular Hbond substituents is 1. The van der Waals surface area contributed by atoms with Crippen LogP contribution in [0.1, 0.15) is 90.0 Å². The summed E-state index contributed by atoms with van der Waals surface area (Å²) < 4.78 is 5.80. The topological polar surface area (TPSA) is 70.9 Å². The fourth-order valence-corrected chi connectivity index (χ4v) is 3.51. The predicted molar refractivity (Wildman–Crippen MR) is 136 cm³/mol. The minimum atomic E-state index is -0.195. The molecule has 33 heavy (non-hydrogen) atoms. The first-order valence-electron chi connectivity index (χ1n) is 11.8. The van der Waals surface area contributed by atoms with Gasteiger partial charge >= 0.3 is 0 Å². The van der Waals surface area contributed by atoms with Crippen molar-refractivity contribution in [2.24, 2.45) is 5.10 Å². The van der Waals surface area contributed by atoms with Crippen molar-refractivity contribution in [1.29, 1.82) is 0 Å². The Morgan fingerprint density at radius 1 is 1.06 bits per heavy atom. The first kappa shape index (κ1) is 26.4. The standard InChI is InChI=1S/C28H40N2O3/c1-8-9-16-33-24-13-11-10-12-21(24)19-29-30-25(31)15-14-20-17-22(27(2,3)4)26(32)23(18-20)28(5,6)7/h10-13,17-19,32H,8-9,14-16H2,1-7H3,(H,30,31)/b29-19-. The SMILES string of the molecule is CCCCOc1ccccc1/C=N\NC(=O)CCc1cc(C(C)(C)C)c(O)c(C(C)(C)C)c1. The van der Waals surface area contributed by atoms with E-state index in [1.54, 1.807) is 6.21 Å². The highest BCUT2D eigenvalue weighted by atomic mass is 16.5. The van der Waals surface area contributed by atoms with Gasteiger partial charge in [-0.25, -0.2) is 5.43 Å². The molecule has 0 spiro atoms. The van der Waals surface area contributed by atoms with Gasteiger partial charge in [0.15, 0.2) is 0 Å². The van der Waals surface area contributed by atoms with Crippen LogP contribution in [0.2, 0.25) is 0 Å². The summed E-state index contributed by atoms with van der Waals surface area (Å²) in [5.74, 6) is 0.961. The lowest BCUT2D eigenvalue weighted by atomic mass is 9.78. The van der Waals surface area contributed by atoms with Gasteiger partial charge in [-0.3, -0.25) is 4.79 Å². The Kier molecular flexibility index (Phi) is 9.09. The van der Waals surface area contributed by atoms with Crippen molar-refractivity contribution >= 4 is 12.1 Å². The second-order valence-corrected chi connectivity index (χ2v) is 10.6. The van der Waals surface area contributed by atoms with E-state index in [0.717, 1.165) is 40.8 Å². The minimum Gasteiger partial charge on any atom is -0.507 e. The molecule has 5 nitrogen and oxygen atoms in total. The third kappa shape index (κ3) is 7.92. The Hall–Kier alpha value is -2.82. The van der Waals surface area contributed by atoms with Gasteiger partial charge in [0.05, 0.1) is 12.8 Å². The molecule has 5 heteroatoms. The third-order valence-corrected chi connectivity index (χ3v) is 5.49. The maximum Gasteiger partial charge on any atom is 0.240 e. The number of carbonyl (C=O) groups is 1. The Bertz CT molecular complexity index is 931. The molecule has 1 amide bonds. The lowest BCUT2D eigenvalue weighted by Gasteiger charge is -2.28. The van der Waals surface area contributed by atoms with E-state index in [4.69, 9.17) is 4.74 Å². The van der Waals surface area contributed by atoms with Gasteiger partial charge in [0.1, 0.15) is 11.5 Å². The summed E-state index contributed by atoms with van der Waals surface area (Å²) >= 11 is 0. The number of nitrogens with zero attached hydrogens (tertiary/aromatic N) is 1. The highest BCUT2D eigenvalue weighted by molar-refractivity contribution is 5.85. The molecule has 2 aromatic carbocycles. The number of rotatable bonds is 9. The monoisotopic (exact) mass is 452 g/mol. The maximum absolute atomic E-state index is 12.4. The van der Waals surface area contributed by atoms with Crippen molar-refractivity contribution in [1.82, 2.24) is 5.43 Å². The van der Waals surface area contributed by atoms with E-state index in [9.17, 15) is 9.90 Å². The van der Waals surface area contributed by atoms with E-state index in [0.29, 0.717) is 25.2 Å². The van der Waals surface area contributed by atoms with Crippen LogP contribution in [0, 0.1) is 0 Å². The number of hydrogen-bond acceptors (Lipinski definition) is 4. The van der Waals surface area contributed by atoms with Crippen molar-refractivity contribution < 1.29 is 14.6 Å². The number of nitrogens with one attached hydrogen (secondary N) is 1. The zero-order chi connectivity index (χ0) is 24.6. The molecule has 0 fully saturated rings. The molecule has 180 valence electrons. The van der Waals surface area contributed by atoms with Gasteiger partial charge in [-0.15, -0.1) is 0 Å². The summed E-state index contributed by atoms with van der Waals surface area (Å²) in [6, 6.07) is 11.7. The number of amides is 1. The van der Waals surface area contributed by atoms with Crippen LogP contribution in [0.5, 0.6) is 11.5 Å². The molecule has 0 atom stereocenters. The Morgan fingerprint density at radius 3 is 2.24 bits per heavy atom. The van der Waals surface area contributed by atoms with Gasteiger partial charge in [0.25, 0.3) is 0 Å². The molecule has 2 aromatic rings. The molecule has 0 aliphatic carbocycles. The van der Waals surface area contributed by atoms with E-state index >= 15 is 0 Å². The highest BCUT2D eigenvalue weighted by Gasteiger charge is 2.26. The fourth-order valence-electron chi connectivity index (χ4n) is 3.51. The number of aromatic hydroxyl groups is 1. The maximum atomic E-state index is 12.4. The zero-order valence-electron chi connectivity index (χ0n) is 21.3. The Labute approximate surface area is 199 Å². The molecule has 0 bridgehead atoms. The largest absolute Gasteiger partial charge is 0.507 e. The molecule has 2 rings (SSSR count). The lowest BCUT2D eigenvalue weighted by Crippen LogP contribution is -2.20. The van der Waals surface area contributed by atoms with E-state index in [2.05, 4.69) is 59.0 Å². The van der Waals surface area contributed by atoms with Crippen LogP contribution in [0.3, 0.4) is 0 Å². The molecule has 0 saturated heterocycles. The van der Waals surface area contributed by atoms with Crippen LogP contribution >= 0.6 is 0 Å². The van der Waals surface area contributed by atoms with E-state index in [1.165, 1.54) is 0 Å². The number of hydrazone groups is 1. The molecule has 0 aliphatic rings. The number of benzene rings is 2. The van der Waals surface area contributed by atoms with E-state index in [1.807, 2.05) is 36.4 Å². The van der Waals surface area contributed by atoms with Crippen molar-refractivity contribution in [2.75, 3.05) is 6.61 Å². The van der Waals surface area contributed by atoms with Crippen molar-refractivity contribution in [3.05, 3.63) is 58.7 Å². The summed E-state index contributed by atoms with van der Waals surface area (Å²) in [6.07, 6.45) is 4.57. The first-order chi connectivity index (χ1) is 15.4. The quantitative estimate of drug-likeness (QED) is 0.268. The Morgan fingerprint density at radius 2 is 1.67 bits per heavy atom. The highest BCUT2D eigenvalue weighted by Crippen LogP contribution is 2.40. The summed E-state index contributed by atoms with van der Waals surface area (Å²) in [5, 5.41) is 15.0. The van der Waals surface area contributed by atoms with Gasteiger partial charge in [-0.05, 0) is 52.5 Å². The van der Waals surface area contributed by atoms with Gasteiger partial charge in [0.2, 0.25) is 5.91 Å². The van der Waals surface area contributed by atoms with Crippen LogP contribution in [0.25, 0.3) is 0 Å². The van der Waals surface area contributed by atoms with E-state index in [-0.39, 0.29) is 16.7 Å². The number of phenols is 1. The number of hydrogen-bond donors (Lipinski definition) is 2. The Balaban J connectivity index is 2.06. The van der Waals surface area contributed by atoms with Crippen LogP contribution in [0.4, 0.5) is 0 Å². The molecule has 0 aromatic heterocycles. The minimum absolute atomic E-state index is 0.154. The summed E-state index contributed by atoms with van der Waals surface area (Å²) in [4.78, 5) is 12.4.